The molecule has 0 saturated carbocycles. The molecule has 0 heterocycles. The van der Waals surface area contributed by atoms with Crippen molar-refractivity contribution < 1.29 is 8.78 Å². The Balaban J connectivity index is 2.75. The van der Waals surface area contributed by atoms with Crippen LogP contribution in [0, 0.1) is 5.92 Å². The molecule has 1 unspecified atom stereocenters. The summed E-state index contributed by atoms with van der Waals surface area (Å²) in [5.41, 5.74) is 0.893. The first-order chi connectivity index (χ1) is 6.05. The van der Waals surface area contributed by atoms with E-state index in [1.165, 1.54) is 22.6 Å². The zero-order valence-electron chi connectivity index (χ0n) is 7.56. The van der Waals surface area contributed by atoms with Crippen molar-refractivity contribution in [1.29, 1.82) is 0 Å². The van der Waals surface area contributed by atoms with Crippen molar-refractivity contribution >= 4 is 22.6 Å². The lowest BCUT2D eigenvalue weighted by Gasteiger charge is -2.25. The zero-order valence-corrected chi connectivity index (χ0v) is 9.72. The predicted octanol–water partition coefficient (Wildman–Crippen LogP) is 4.32. The van der Waals surface area contributed by atoms with Crippen LogP contribution in [-0.4, -0.2) is 3.93 Å². The molecule has 1 rings (SSSR count). The Bertz CT molecular complexity index is 226. The van der Waals surface area contributed by atoms with Crippen molar-refractivity contribution in [2.45, 2.75) is 30.1 Å². The standard InChI is InChI=1S/C10H13F2I/c1-2-5-8-6-3-4-7-9(8)10(11,12)13/h3-4,6,9H,2,5,7H2,1H3. The Hall–Kier alpha value is 0.0700. The highest BCUT2D eigenvalue weighted by Crippen LogP contribution is 2.41. The molecule has 0 bridgehead atoms. The number of rotatable bonds is 3. The molecule has 1 aliphatic rings. The van der Waals surface area contributed by atoms with E-state index < -0.39 is 9.85 Å². The summed E-state index contributed by atoms with van der Waals surface area (Å²) in [5, 5.41) is 0. The van der Waals surface area contributed by atoms with Crippen LogP contribution < -0.4 is 0 Å². The highest BCUT2D eigenvalue weighted by molar-refractivity contribution is 14.1. The third-order valence-corrected chi connectivity index (χ3v) is 2.95. The van der Waals surface area contributed by atoms with Gasteiger partial charge in [0.2, 0.25) is 0 Å². The van der Waals surface area contributed by atoms with Crippen molar-refractivity contribution in [1.82, 2.24) is 0 Å². The molecule has 1 atom stereocenters. The first-order valence-electron chi connectivity index (χ1n) is 4.48. The van der Waals surface area contributed by atoms with E-state index in [9.17, 15) is 8.78 Å². The molecule has 0 radical (unpaired) electrons. The molecule has 0 aromatic carbocycles. The van der Waals surface area contributed by atoms with E-state index in [0.717, 1.165) is 18.4 Å². The number of halogens is 3. The Morgan fingerprint density at radius 2 is 2.31 bits per heavy atom. The Kier molecular flexibility index (Phi) is 3.88. The second kappa shape index (κ2) is 4.53. The fourth-order valence-electron chi connectivity index (χ4n) is 1.56. The lowest BCUT2D eigenvalue weighted by Crippen LogP contribution is -2.23. The Labute approximate surface area is 91.2 Å². The van der Waals surface area contributed by atoms with Crippen molar-refractivity contribution in [3.63, 3.8) is 0 Å². The van der Waals surface area contributed by atoms with E-state index in [-0.39, 0.29) is 0 Å². The van der Waals surface area contributed by atoms with Gasteiger partial charge in [-0.1, -0.05) is 37.1 Å². The molecule has 13 heavy (non-hydrogen) atoms. The minimum Gasteiger partial charge on any atom is -0.194 e. The molecule has 0 aliphatic heterocycles. The highest BCUT2D eigenvalue weighted by Gasteiger charge is 2.37. The summed E-state index contributed by atoms with van der Waals surface area (Å²) >= 11 is 1.24. The minimum absolute atomic E-state index is 0.474. The lowest BCUT2D eigenvalue weighted by atomic mass is 9.89. The third-order valence-electron chi connectivity index (χ3n) is 2.20. The topological polar surface area (TPSA) is 0 Å². The van der Waals surface area contributed by atoms with E-state index in [0.29, 0.717) is 6.42 Å². The van der Waals surface area contributed by atoms with Gasteiger partial charge in [0.15, 0.2) is 0 Å². The summed E-state index contributed by atoms with van der Waals surface area (Å²) in [5.74, 6) is -0.585. The monoisotopic (exact) mass is 298 g/mol. The molecular formula is C10H13F2I. The van der Waals surface area contributed by atoms with Crippen LogP contribution in [0.5, 0.6) is 0 Å². The van der Waals surface area contributed by atoms with Gasteiger partial charge in [-0.05, 0) is 35.4 Å². The van der Waals surface area contributed by atoms with Gasteiger partial charge in [0.25, 0.3) is 0 Å². The average molecular weight is 298 g/mol. The fourth-order valence-corrected chi connectivity index (χ4v) is 2.22. The van der Waals surface area contributed by atoms with Crippen LogP contribution in [0.3, 0.4) is 0 Å². The summed E-state index contributed by atoms with van der Waals surface area (Å²) in [7, 11) is 0. The first kappa shape index (κ1) is 11.1. The molecule has 0 N–H and O–H groups in total. The highest BCUT2D eigenvalue weighted by atomic mass is 127. The van der Waals surface area contributed by atoms with E-state index in [2.05, 4.69) is 0 Å². The zero-order chi connectivity index (χ0) is 9.90. The van der Waals surface area contributed by atoms with Gasteiger partial charge in [0.1, 0.15) is 0 Å². The summed E-state index contributed by atoms with van der Waals surface area (Å²) in [6.45, 7) is 2.02. The molecule has 1 aliphatic carbocycles. The van der Waals surface area contributed by atoms with Crippen molar-refractivity contribution in [2.75, 3.05) is 0 Å². The summed E-state index contributed by atoms with van der Waals surface area (Å²) in [4.78, 5) is 0. The average Bonchev–Trinajstić information content (AvgIpc) is 2.04. The van der Waals surface area contributed by atoms with E-state index in [1.807, 2.05) is 25.2 Å². The van der Waals surface area contributed by atoms with Crippen LogP contribution in [0.2, 0.25) is 0 Å². The van der Waals surface area contributed by atoms with Gasteiger partial charge >= 0.3 is 3.93 Å². The first-order valence-corrected chi connectivity index (χ1v) is 5.56. The van der Waals surface area contributed by atoms with Gasteiger partial charge in [-0.3, -0.25) is 0 Å². The Morgan fingerprint density at radius 1 is 1.62 bits per heavy atom. The number of hydrogen-bond acceptors (Lipinski definition) is 0. The van der Waals surface area contributed by atoms with Gasteiger partial charge in [-0.25, -0.2) is 0 Å². The quantitative estimate of drug-likeness (QED) is 0.538. The van der Waals surface area contributed by atoms with E-state index >= 15 is 0 Å². The SMILES string of the molecule is CCCC1=CC=CCC1C(F)(F)I. The minimum atomic E-state index is -2.61. The van der Waals surface area contributed by atoms with Crippen LogP contribution >= 0.6 is 22.6 Å². The van der Waals surface area contributed by atoms with Gasteiger partial charge in [0, 0.05) is 0 Å². The maximum Gasteiger partial charge on any atom is 0.303 e. The molecular weight excluding hydrogens is 285 g/mol. The molecule has 0 amide bonds. The summed E-state index contributed by atoms with van der Waals surface area (Å²) in [6, 6.07) is 0. The Morgan fingerprint density at radius 3 is 2.85 bits per heavy atom. The van der Waals surface area contributed by atoms with Crippen molar-refractivity contribution in [3.05, 3.63) is 23.8 Å². The van der Waals surface area contributed by atoms with Gasteiger partial charge in [0.05, 0.1) is 5.92 Å². The van der Waals surface area contributed by atoms with Crippen LogP contribution in [-0.2, 0) is 0 Å². The fraction of sp³-hybridized carbons (Fsp3) is 0.600. The molecule has 3 heteroatoms. The van der Waals surface area contributed by atoms with Gasteiger partial charge in [-0.15, -0.1) is 0 Å². The molecule has 0 aromatic heterocycles. The second-order valence-corrected chi connectivity index (χ2v) is 4.69. The largest absolute Gasteiger partial charge is 0.303 e. The molecule has 0 spiro atoms. The molecule has 0 aromatic rings. The number of allylic oxidation sites excluding steroid dienone is 4. The van der Waals surface area contributed by atoms with Gasteiger partial charge < -0.3 is 0 Å². The van der Waals surface area contributed by atoms with Crippen LogP contribution in [0.4, 0.5) is 8.78 Å². The summed E-state index contributed by atoms with van der Waals surface area (Å²) < 4.78 is 23.6. The lowest BCUT2D eigenvalue weighted by molar-refractivity contribution is 0.0735. The maximum absolute atomic E-state index is 13.1. The van der Waals surface area contributed by atoms with Gasteiger partial charge in [-0.2, -0.15) is 8.78 Å². The van der Waals surface area contributed by atoms with E-state index in [1.54, 1.807) is 0 Å². The maximum atomic E-state index is 13.1. The second-order valence-electron chi connectivity index (χ2n) is 3.25. The van der Waals surface area contributed by atoms with Crippen LogP contribution in [0.15, 0.2) is 23.8 Å². The normalized spacial score (nSPS) is 23.1. The summed E-state index contributed by atoms with van der Waals surface area (Å²) in [6.07, 6.45) is 7.72. The third kappa shape index (κ3) is 3.04. The van der Waals surface area contributed by atoms with Crippen molar-refractivity contribution in [3.8, 4) is 0 Å². The molecule has 74 valence electrons. The predicted molar refractivity (Wildman–Crippen MR) is 59.2 cm³/mol. The van der Waals surface area contributed by atoms with Crippen molar-refractivity contribution in [2.24, 2.45) is 5.92 Å². The molecule has 0 fully saturated rings. The van der Waals surface area contributed by atoms with E-state index in [4.69, 9.17) is 0 Å². The molecule has 0 saturated heterocycles. The number of hydrogen-bond donors (Lipinski definition) is 0. The van der Waals surface area contributed by atoms with Crippen LogP contribution in [0.25, 0.3) is 0 Å². The smallest absolute Gasteiger partial charge is 0.194 e. The van der Waals surface area contributed by atoms with Crippen LogP contribution in [0.1, 0.15) is 26.2 Å². The molecule has 0 nitrogen and oxygen atoms in total. The number of alkyl halides is 3.